The fourth-order valence-corrected chi connectivity index (χ4v) is 2.61. The lowest BCUT2D eigenvalue weighted by Crippen LogP contribution is -2.28. The zero-order chi connectivity index (χ0) is 13.7. The number of ether oxygens (including phenoxy) is 1. The third kappa shape index (κ3) is 3.70. The lowest BCUT2D eigenvalue weighted by Gasteiger charge is -2.16. The Morgan fingerprint density at radius 1 is 1.42 bits per heavy atom. The first-order valence-electron chi connectivity index (χ1n) is 6.98. The Balaban J connectivity index is 1.94. The van der Waals surface area contributed by atoms with E-state index in [9.17, 15) is 4.79 Å². The topological polar surface area (TPSA) is 64.3 Å². The normalized spacial score (nSPS) is 22.2. The summed E-state index contributed by atoms with van der Waals surface area (Å²) in [4.78, 5) is 12.0. The van der Waals surface area contributed by atoms with Crippen LogP contribution in [0, 0.1) is 5.92 Å². The van der Waals surface area contributed by atoms with Gasteiger partial charge in [0.15, 0.2) is 0 Å². The molecule has 0 heterocycles. The van der Waals surface area contributed by atoms with Crippen LogP contribution in [-0.2, 0) is 4.79 Å². The molecule has 104 valence electrons. The minimum atomic E-state index is 0.0227. The molecule has 0 spiro atoms. The predicted molar refractivity (Wildman–Crippen MR) is 76.2 cm³/mol. The van der Waals surface area contributed by atoms with Crippen LogP contribution in [0.25, 0.3) is 0 Å². The molecule has 1 aromatic carbocycles. The van der Waals surface area contributed by atoms with Crippen molar-refractivity contribution in [3.63, 3.8) is 0 Å². The second-order valence-corrected chi connectivity index (χ2v) is 5.04. The van der Waals surface area contributed by atoms with E-state index < -0.39 is 0 Å². The van der Waals surface area contributed by atoms with Crippen molar-refractivity contribution in [3.05, 3.63) is 24.3 Å². The number of amides is 1. The van der Waals surface area contributed by atoms with Gasteiger partial charge in [-0.15, -0.1) is 0 Å². The number of nitrogens with one attached hydrogen (secondary N) is 1. The van der Waals surface area contributed by atoms with Gasteiger partial charge in [0.1, 0.15) is 5.75 Å². The van der Waals surface area contributed by atoms with E-state index in [1.54, 1.807) is 0 Å². The Morgan fingerprint density at radius 3 is 2.89 bits per heavy atom. The van der Waals surface area contributed by atoms with Crippen LogP contribution < -0.4 is 15.8 Å². The summed E-state index contributed by atoms with van der Waals surface area (Å²) in [5.74, 6) is 1.06. The SMILES string of the molecule is CCOc1ccccc1NC(=O)C[C@@H]1CCC[C@H]1N. The largest absolute Gasteiger partial charge is 0.492 e. The molecule has 4 nitrogen and oxygen atoms in total. The van der Waals surface area contributed by atoms with E-state index >= 15 is 0 Å². The standard InChI is InChI=1S/C15H22N2O2/c1-2-19-14-9-4-3-8-13(14)17-15(18)10-11-6-5-7-12(11)16/h3-4,8-9,11-12H,2,5-7,10,16H2,1H3,(H,17,18)/t11-,12+/m0/s1. The van der Waals surface area contributed by atoms with Gasteiger partial charge in [0.05, 0.1) is 12.3 Å². The summed E-state index contributed by atoms with van der Waals surface area (Å²) in [6.45, 7) is 2.51. The summed E-state index contributed by atoms with van der Waals surface area (Å²) in [5, 5.41) is 2.92. The molecule has 3 N–H and O–H groups in total. The van der Waals surface area contributed by atoms with Gasteiger partial charge in [0.25, 0.3) is 0 Å². The van der Waals surface area contributed by atoms with Crippen molar-refractivity contribution < 1.29 is 9.53 Å². The highest BCUT2D eigenvalue weighted by Gasteiger charge is 2.26. The first-order valence-corrected chi connectivity index (χ1v) is 6.98. The lowest BCUT2D eigenvalue weighted by molar-refractivity contribution is -0.117. The van der Waals surface area contributed by atoms with E-state index in [1.165, 1.54) is 0 Å². The summed E-state index contributed by atoms with van der Waals surface area (Å²) < 4.78 is 5.49. The number of nitrogens with two attached hydrogens (primary N) is 1. The Kier molecular flexibility index (Phi) is 4.80. The molecule has 2 rings (SSSR count). The van der Waals surface area contributed by atoms with E-state index in [0.717, 1.165) is 24.9 Å². The quantitative estimate of drug-likeness (QED) is 0.857. The summed E-state index contributed by atoms with van der Waals surface area (Å²) in [6, 6.07) is 7.68. The molecule has 1 fully saturated rings. The second kappa shape index (κ2) is 6.57. The molecule has 1 amide bonds. The zero-order valence-electron chi connectivity index (χ0n) is 11.4. The Morgan fingerprint density at radius 2 is 2.21 bits per heavy atom. The molecule has 0 saturated heterocycles. The summed E-state index contributed by atoms with van der Waals surface area (Å²) >= 11 is 0. The van der Waals surface area contributed by atoms with Crippen LogP contribution in [0.1, 0.15) is 32.6 Å². The number of carbonyl (C=O) groups is 1. The van der Waals surface area contributed by atoms with Gasteiger partial charge in [-0.25, -0.2) is 0 Å². The van der Waals surface area contributed by atoms with Crippen LogP contribution in [0.2, 0.25) is 0 Å². The minimum Gasteiger partial charge on any atom is -0.492 e. The highest BCUT2D eigenvalue weighted by molar-refractivity contribution is 5.92. The van der Waals surface area contributed by atoms with Crippen LogP contribution in [0.5, 0.6) is 5.75 Å². The minimum absolute atomic E-state index is 0.0227. The summed E-state index contributed by atoms with van der Waals surface area (Å²) in [7, 11) is 0. The Labute approximate surface area is 114 Å². The van der Waals surface area contributed by atoms with Crippen molar-refractivity contribution in [2.75, 3.05) is 11.9 Å². The number of hydrogen-bond donors (Lipinski definition) is 2. The molecular formula is C15H22N2O2. The van der Waals surface area contributed by atoms with Crippen molar-refractivity contribution in [2.24, 2.45) is 11.7 Å². The highest BCUT2D eigenvalue weighted by Crippen LogP contribution is 2.28. The number of carbonyl (C=O) groups excluding carboxylic acids is 1. The second-order valence-electron chi connectivity index (χ2n) is 5.04. The third-order valence-electron chi connectivity index (χ3n) is 3.63. The maximum absolute atomic E-state index is 12.0. The van der Waals surface area contributed by atoms with E-state index in [2.05, 4.69) is 5.32 Å². The summed E-state index contributed by atoms with van der Waals surface area (Å²) in [5.41, 5.74) is 6.73. The molecule has 0 radical (unpaired) electrons. The third-order valence-corrected chi connectivity index (χ3v) is 3.63. The van der Waals surface area contributed by atoms with E-state index in [4.69, 9.17) is 10.5 Å². The molecule has 1 saturated carbocycles. The Bertz CT molecular complexity index is 434. The molecule has 0 aromatic heterocycles. The van der Waals surface area contributed by atoms with Crippen molar-refractivity contribution in [1.82, 2.24) is 0 Å². The number of anilines is 1. The van der Waals surface area contributed by atoms with E-state index in [1.807, 2.05) is 31.2 Å². The van der Waals surface area contributed by atoms with E-state index in [-0.39, 0.29) is 11.9 Å². The molecule has 0 unspecified atom stereocenters. The van der Waals surface area contributed by atoms with Crippen LogP contribution in [-0.4, -0.2) is 18.6 Å². The molecule has 1 aliphatic carbocycles. The maximum atomic E-state index is 12.0. The van der Waals surface area contributed by atoms with Crippen molar-refractivity contribution in [3.8, 4) is 5.75 Å². The fraction of sp³-hybridized carbons (Fsp3) is 0.533. The first kappa shape index (κ1) is 13.9. The van der Waals surface area contributed by atoms with Gasteiger partial charge in [-0.3, -0.25) is 4.79 Å². The number of benzene rings is 1. The van der Waals surface area contributed by atoms with Crippen LogP contribution >= 0.6 is 0 Å². The predicted octanol–water partition coefficient (Wildman–Crippen LogP) is 2.54. The Hall–Kier alpha value is -1.55. The summed E-state index contributed by atoms with van der Waals surface area (Å²) in [6.07, 6.45) is 3.73. The fourth-order valence-electron chi connectivity index (χ4n) is 2.61. The zero-order valence-corrected chi connectivity index (χ0v) is 11.4. The van der Waals surface area contributed by atoms with Crippen LogP contribution in [0.15, 0.2) is 24.3 Å². The van der Waals surface area contributed by atoms with Gasteiger partial charge >= 0.3 is 0 Å². The molecule has 1 aromatic rings. The van der Waals surface area contributed by atoms with Gasteiger partial charge in [0, 0.05) is 12.5 Å². The average Bonchev–Trinajstić information content (AvgIpc) is 2.78. The lowest BCUT2D eigenvalue weighted by atomic mass is 10.00. The number of rotatable bonds is 5. The van der Waals surface area contributed by atoms with Crippen molar-refractivity contribution >= 4 is 11.6 Å². The number of para-hydroxylation sites is 2. The van der Waals surface area contributed by atoms with Crippen LogP contribution in [0.4, 0.5) is 5.69 Å². The molecule has 0 bridgehead atoms. The average molecular weight is 262 g/mol. The molecule has 1 aliphatic rings. The molecule has 19 heavy (non-hydrogen) atoms. The first-order chi connectivity index (χ1) is 9.20. The van der Waals surface area contributed by atoms with Gasteiger partial charge in [-0.05, 0) is 37.8 Å². The van der Waals surface area contributed by atoms with Gasteiger partial charge in [0.2, 0.25) is 5.91 Å². The maximum Gasteiger partial charge on any atom is 0.224 e. The van der Waals surface area contributed by atoms with Gasteiger partial charge in [-0.1, -0.05) is 18.6 Å². The van der Waals surface area contributed by atoms with Gasteiger partial charge < -0.3 is 15.8 Å². The molecular weight excluding hydrogens is 240 g/mol. The molecule has 2 atom stereocenters. The van der Waals surface area contributed by atoms with Gasteiger partial charge in [-0.2, -0.15) is 0 Å². The monoisotopic (exact) mass is 262 g/mol. The van der Waals surface area contributed by atoms with Crippen molar-refractivity contribution in [1.29, 1.82) is 0 Å². The molecule has 4 heteroatoms. The smallest absolute Gasteiger partial charge is 0.224 e. The molecule has 0 aliphatic heterocycles. The highest BCUT2D eigenvalue weighted by atomic mass is 16.5. The van der Waals surface area contributed by atoms with Crippen molar-refractivity contribution in [2.45, 2.75) is 38.6 Å². The van der Waals surface area contributed by atoms with E-state index in [0.29, 0.717) is 24.7 Å². The number of hydrogen-bond acceptors (Lipinski definition) is 3. The van der Waals surface area contributed by atoms with Crippen LogP contribution in [0.3, 0.4) is 0 Å².